The molecule has 4 amide bonds. The Balaban J connectivity index is 0.986. The quantitative estimate of drug-likeness (QED) is 0.0649. The summed E-state index contributed by atoms with van der Waals surface area (Å²) in [6, 6.07) is 9.57. The molecule has 2 aromatic carbocycles. The van der Waals surface area contributed by atoms with Crippen LogP contribution in [0.25, 0.3) is 22.1 Å². The van der Waals surface area contributed by atoms with E-state index in [2.05, 4.69) is 45.8 Å². The third kappa shape index (κ3) is 9.50. The van der Waals surface area contributed by atoms with Gasteiger partial charge in [-0.1, -0.05) is 12.2 Å². The van der Waals surface area contributed by atoms with Crippen LogP contribution in [-0.2, 0) is 40.3 Å². The van der Waals surface area contributed by atoms with Crippen molar-refractivity contribution < 1.29 is 28.7 Å². The molecule has 9 rings (SSSR count). The van der Waals surface area contributed by atoms with E-state index in [0.717, 1.165) is 63.8 Å². The van der Waals surface area contributed by atoms with Crippen molar-refractivity contribution in [2.24, 2.45) is 25.6 Å². The molecule has 0 saturated carbocycles. The van der Waals surface area contributed by atoms with Crippen LogP contribution in [0.2, 0.25) is 0 Å². The van der Waals surface area contributed by atoms with E-state index >= 15 is 0 Å². The summed E-state index contributed by atoms with van der Waals surface area (Å²) >= 11 is 0. The van der Waals surface area contributed by atoms with Crippen LogP contribution in [0.4, 0.5) is 11.9 Å². The molecule has 0 atom stereocenters. The minimum atomic E-state index is -0.670. The maximum atomic E-state index is 13.8. The van der Waals surface area contributed by atoms with Crippen LogP contribution in [-0.4, -0.2) is 122 Å². The zero-order valence-electron chi connectivity index (χ0n) is 39.2. The van der Waals surface area contributed by atoms with E-state index in [-0.39, 0.29) is 36.1 Å². The Labute approximate surface area is 395 Å². The van der Waals surface area contributed by atoms with Crippen molar-refractivity contribution in [3.63, 3.8) is 0 Å². The third-order valence-corrected chi connectivity index (χ3v) is 12.5. The molecule has 2 aliphatic rings. The van der Waals surface area contributed by atoms with Gasteiger partial charge in [0.2, 0.25) is 23.7 Å². The van der Waals surface area contributed by atoms with Crippen LogP contribution in [0.5, 0.6) is 11.5 Å². The van der Waals surface area contributed by atoms with E-state index in [0.29, 0.717) is 75.3 Å². The number of hydrogen-bond donors (Lipinski definition) is 5. The molecule has 23 nitrogen and oxygen atoms in total. The first-order valence-electron chi connectivity index (χ1n) is 22.7. The number of fused-ring (bicyclic) bond motifs is 3. The number of nitrogens with two attached hydrogens (primary N) is 2. The number of benzene rings is 2. The fourth-order valence-electron chi connectivity index (χ4n) is 9.20. The molecule has 0 aliphatic carbocycles. The number of aromatic nitrogens is 11. The van der Waals surface area contributed by atoms with Crippen molar-refractivity contribution in [2.75, 3.05) is 50.5 Å². The van der Waals surface area contributed by atoms with Crippen LogP contribution >= 0.6 is 0 Å². The molecule has 7 N–H and O–H groups in total. The third-order valence-electron chi connectivity index (χ3n) is 12.5. The first-order valence-corrected chi connectivity index (χ1v) is 22.7. The topological polar surface area (TPSA) is 280 Å². The van der Waals surface area contributed by atoms with Gasteiger partial charge in [-0.3, -0.25) is 39.2 Å². The van der Waals surface area contributed by atoms with Crippen molar-refractivity contribution in [3.05, 3.63) is 94.1 Å². The number of piperidine rings is 1. The van der Waals surface area contributed by atoms with Crippen molar-refractivity contribution >= 4 is 57.6 Å². The maximum Gasteiger partial charge on any atom is 0.276 e. The smallest absolute Gasteiger partial charge is 0.276 e. The number of allylic oxidation sites excluding steroid dienone is 2. The molecule has 0 spiro atoms. The predicted octanol–water partition coefficient (Wildman–Crippen LogP) is 2.78. The number of imidazole rings is 2. The number of carbonyl (C=O) groups is 4. The minimum absolute atomic E-state index is 0.162. The van der Waals surface area contributed by atoms with E-state index in [1.807, 2.05) is 12.2 Å². The van der Waals surface area contributed by atoms with Crippen LogP contribution in [0.3, 0.4) is 0 Å². The highest BCUT2D eigenvalue weighted by atomic mass is 16.5. The number of aryl methyl sites for hydroxylation is 4. The second kappa shape index (κ2) is 19.4. The summed E-state index contributed by atoms with van der Waals surface area (Å²) in [4.78, 5) is 64.2. The Morgan fingerprint density at radius 1 is 0.768 bits per heavy atom. The van der Waals surface area contributed by atoms with Gasteiger partial charge in [0.1, 0.15) is 45.6 Å². The molecular weight excluding hydrogens is 887 g/mol. The number of anilines is 2. The lowest BCUT2D eigenvalue weighted by Crippen LogP contribution is -2.36. The number of ether oxygens (including phenoxy) is 2. The number of nitrogens with zero attached hydrogens (tertiary/aromatic N) is 12. The Bertz CT molecular complexity index is 3150. The lowest BCUT2D eigenvalue weighted by atomic mass is 9.95. The first kappa shape index (κ1) is 46.2. The van der Waals surface area contributed by atoms with Crippen LogP contribution in [0.15, 0.2) is 48.6 Å². The molecule has 0 bridgehead atoms. The molecule has 23 heteroatoms. The number of rotatable bonds is 17. The van der Waals surface area contributed by atoms with Crippen LogP contribution < -0.4 is 36.9 Å². The molecule has 5 aromatic heterocycles. The molecule has 0 radical (unpaired) electrons. The summed E-state index contributed by atoms with van der Waals surface area (Å²) in [5.41, 5.74) is 15.6. The van der Waals surface area contributed by atoms with E-state index in [1.165, 1.54) is 28.6 Å². The average molecular weight is 942 g/mol. The second-order valence-corrected chi connectivity index (χ2v) is 17.3. The molecule has 1 fully saturated rings. The highest BCUT2D eigenvalue weighted by Gasteiger charge is 2.28. The van der Waals surface area contributed by atoms with E-state index < -0.39 is 23.6 Å². The van der Waals surface area contributed by atoms with Crippen LogP contribution in [0, 0.1) is 13.8 Å². The molecule has 69 heavy (non-hydrogen) atoms. The van der Waals surface area contributed by atoms with E-state index in [1.54, 1.807) is 61.3 Å². The van der Waals surface area contributed by atoms with Crippen molar-refractivity contribution in [2.45, 2.75) is 65.2 Å². The van der Waals surface area contributed by atoms with Crippen LogP contribution in [0.1, 0.15) is 89.9 Å². The monoisotopic (exact) mass is 941 g/mol. The minimum Gasteiger partial charge on any atom is -0.494 e. The molecule has 7 heterocycles. The largest absolute Gasteiger partial charge is 0.494 e. The number of amides is 4. The van der Waals surface area contributed by atoms with E-state index in [4.69, 9.17) is 30.9 Å². The lowest BCUT2D eigenvalue weighted by molar-refractivity contribution is 0.0991. The normalized spacial score (nSPS) is 14.4. The second-order valence-electron chi connectivity index (χ2n) is 17.3. The zero-order valence-corrected chi connectivity index (χ0v) is 39.2. The van der Waals surface area contributed by atoms with Gasteiger partial charge in [0.05, 0.1) is 42.7 Å². The molecular formula is C46H55N17O6. The predicted molar refractivity (Wildman–Crippen MR) is 254 cm³/mol. The van der Waals surface area contributed by atoms with Gasteiger partial charge in [-0.05, 0) is 82.6 Å². The molecule has 2 aliphatic heterocycles. The Kier molecular flexibility index (Phi) is 13.0. The Morgan fingerprint density at radius 2 is 1.32 bits per heavy atom. The number of carbonyl (C=O) groups excluding carboxylic acids is 4. The van der Waals surface area contributed by atoms with Crippen molar-refractivity contribution in [1.29, 1.82) is 0 Å². The molecule has 0 unspecified atom stereocenters. The summed E-state index contributed by atoms with van der Waals surface area (Å²) in [5, 5.41) is 26.8. The van der Waals surface area contributed by atoms with Gasteiger partial charge in [0, 0.05) is 63.9 Å². The van der Waals surface area contributed by atoms with Crippen molar-refractivity contribution in [1.82, 2.24) is 63.6 Å². The lowest BCUT2D eigenvalue weighted by Gasteiger charge is -2.32. The molecule has 360 valence electrons. The number of nitrogens with one attached hydrogen (secondary N) is 3. The molecule has 7 aromatic rings. The van der Waals surface area contributed by atoms with Gasteiger partial charge in [-0.15, -0.1) is 10.2 Å². The summed E-state index contributed by atoms with van der Waals surface area (Å²) in [7, 11) is 4.82. The fraction of sp³-hybridized carbons (Fsp3) is 0.391. The zero-order chi connectivity index (χ0) is 48.5. The summed E-state index contributed by atoms with van der Waals surface area (Å²) in [5.74, 6) is 1.28. The van der Waals surface area contributed by atoms with Gasteiger partial charge >= 0.3 is 0 Å². The Hall–Kier alpha value is -7.92. The maximum absolute atomic E-state index is 13.8. The van der Waals surface area contributed by atoms with Crippen molar-refractivity contribution in [3.8, 4) is 11.5 Å². The first-order chi connectivity index (χ1) is 33.3. The van der Waals surface area contributed by atoms with Gasteiger partial charge in [0.15, 0.2) is 0 Å². The number of methoxy groups -OCH3 is 1. The summed E-state index contributed by atoms with van der Waals surface area (Å²) < 4.78 is 21.0. The number of likely N-dealkylation sites (tertiary alicyclic amines) is 1. The van der Waals surface area contributed by atoms with Gasteiger partial charge < -0.3 is 44.9 Å². The number of primary amides is 2. The van der Waals surface area contributed by atoms with Gasteiger partial charge in [-0.2, -0.15) is 10.2 Å². The number of hydrogen-bond acceptors (Lipinski definition) is 14. The Morgan fingerprint density at radius 3 is 1.84 bits per heavy atom. The van der Waals surface area contributed by atoms with E-state index in [9.17, 15) is 19.2 Å². The summed E-state index contributed by atoms with van der Waals surface area (Å²) in [6.07, 6.45) is 6.41. The van der Waals surface area contributed by atoms with Gasteiger partial charge in [-0.25, -0.2) is 9.97 Å². The standard InChI is InChI=1S/C46H55N17O6/c1-26-19-33(58(3)56-26)43(66)52-45-50-31-21-29(40(47)64)23-35(68-5)38(31)62(45)13-6-7-14-63-39-32(51-46(63)53-44(67)34-20-27(2)57-59(34)4)22-30(41(48)65)24-36(39)69-18-8-12-60-15-9-28(10-16-60)42-55-54-37-25-49-11-17-61(37)42/h6-7,19-24,28,49H,8-18,25H2,1-5H3,(H2,47,64)(H2,48,65)(H,50,52,66)(H,51,53,67)/b7-6+. The highest BCUT2D eigenvalue weighted by Crippen LogP contribution is 2.34. The average Bonchev–Trinajstić information content (AvgIpc) is 4.15. The summed E-state index contributed by atoms with van der Waals surface area (Å²) in [6.45, 7) is 9.46. The SMILES string of the molecule is COc1cc(C(N)=O)cc2nc(NC(=O)c3cc(C)nn3C)n(C/C=C/Cn3c(NC(=O)c4cc(C)nn4C)nc4cc(C(N)=O)cc(OCCCN5CCC(c6nnc7n6CCNC7)CC5)c43)c12. The highest BCUT2D eigenvalue weighted by molar-refractivity contribution is 6.05. The molecule has 1 saturated heterocycles. The van der Waals surface area contributed by atoms with Gasteiger partial charge in [0.25, 0.3) is 11.8 Å². The fourth-order valence-corrected chi connectivity index (χ4v) is 9.20.